The fraction of sp³-hybridized carbons (Fsp3) is 0.231. The molecule has 1 amide bonds. The van der Waals surface area contributed by atoms with Crippen LogP contribution >= 0.6 is 15.9 Å². The first-order valence-electron chi connectivity index (χ1n) is 6.01. The Bertz CT molecular complexity index is 669. The van der Waals surface area contributed by atoms with Crippen LogP contribution in [-0.2, 0) is 13.5 Å². The smallest absolute Gasteiger partial charge is 0.276 e. The van der Waals surface area contributed by atoms with Gasteiger partial charge in [-0.3, -0.25) is 9.48 Å². The van der Waals surface area contributed by atoms with Crippen LogP contribution in [0.25, 0.3) is 0 Å². The first kappa shape index (κ1) is 14.5. The van der Waals surface area contributed by atoms with Crippen LogP contribution in [0.5, 0.6) is 0 Å². The normalized spacial score (nSPS) is 10.6. The number of carbonyl (C=O) groups excluding carboxylic acids is 1. The molecule has 1 heterocycles. The van der Waals surface area contributed by atoms with Gasteiger partial charge in [0, 0.05) is 11.5 Å². The van der Waals surface area contributed by atoms with Gasteiger partial charge in [-0.25, -0.2) is 4.39 Å². The fourth-order valence-electron chi connectivity index (χ4n) is 1.90. The molecule has 0 aliphatic rings. The van der Waals surface area contributed by atoms with Gasteiger partial charge in [0.2, 0.25) is 0 Å². The molecule has 0 aliphatic heterocycles. The number of nitrogens with one attached hydrogen (secondary N) is 1. The monoisotopic (exact) mass is 340 g/mol. The third-order valence-electron chi connectivity index (χ3n) is 2.89. The minimum Gasteiger partial charge on any atom is -0.395 e. The molecule has 1 aromatic heterocycles. The number of nitrogens with two attached hydrogens (primary N) is 1. The molecule has 0 saturated carbocycles. The van der Waals surface area contributed by atoms with Crippen molar-refractivity contribution in [3.8, 4) is 0 Å². The van der Waals surface area contributed by atoms with Crippen molar-refractivity contribution in [2.45, 2.75) is 13.3 Å². The highest BCUT2D eigenvalue weighted by molar-refractivity contribution is 9.10. The number of carbonyl (C=O) groups is 1. The number of halogens is 2. The van der Waals surface area contributed by atoms with Crippen LogP contribution < -0.4 is 11.1 Å². The van der Waals surface area contributed by atoms with Gasteiger partial charge >= 0.3 is 0 Å². The molecule has 0 atom stereocenters. The van der Waals surface area contributed by atoms with Crippen LogP contribution in [0.3, 0.4) is 0 Å². The first-order valence-corrected chi connectivity index (χ1v) is 6.81. The molecular formula is C13H14BrFN4O. The SMILES string of the molecule is CCc1nn(C)c(C(=O)Nc2ccc(F)cc2Br)c1N. The summed E-state index contributed by atoms with van der Waals surface area (Å²) in [4.78, 5) is 12.3. The van der Waals surface area contributed by atoms with Gasteiger partial charge in [0.15, 0.2) is 0 Å². The van der Waals surface area contributed by atoms with Crippen LogP contribution in [0.15, 0.2) is 22.7 Å². The standard InChI is InChI=1S/C13H14BrFN4O/c1-3-9-11(16)12(19(2)18-9)13(20)17-10-5-4-7(15)6-8(10)14/h4-6H,3,16H2,1-2H3,(H,17,20). The van der Waals surface area contributed by atoms with E-state index in [1.54, 1.807) is 7.05 Å². The van der Waals surface area contributed by atoms with E-state index in [0.717, 1.165) is 0 Å². The number of amides is 1. The topological polar surface area (TPSA) is 72.9 Å². The number of hydrogen-bond donors (Lipinski definition) is 2. The van der Waals surface area contributed by atoms with E-state index in [-0.39, 0.29) is 17.4 Å². The molecule has 0 bridgehead atoms. The maximum absolute atomic E-state index is 13.0. The molecule has 106 valence electrons. The average Bonchev–Trinajstić information content (AvgIpc) is 2.67. The lowest BCUT2D eigenvalue weighted by atomic mass is 10.2. The molecule has 1 aromatic carbocycles. The molecule has 0 aliphatic carbocycles. The van der Waals surface area contributed by atoms with Gasteiger partial charge < -0.3 is 11.1 Å². The molecule has 7 heteroatoms. The Hall–Kier alpha value is -1.89. The summed E-state index contributed by atoms with van der Waals surface area (Å²) in [7, 11) is 1.66. The number of rotatable bonds is 3. The van der Waals surface area contributed by atoms with E-state index in [4.69, 9.17) is 5.73 Å². The van der Waals surface area contributed by atoms with Crippen LogP contribution in [0.4, 0.5) is 15.8 Å². The Morgan fingerprint density at radius 1 is 1.55 bits per heavy atom. The zero-order valence-electron chi connectivity index (χ0n) is 11.1. The summed E-state index contributed by atoms with van der Waals surface area (Å²) in [5, 5.41) is 6.87. The Labute approximate surface area is 124 Å². The van der Waals surface area contributed by atoms with Crippen LogP contribution in [0.2, 0.25) is 0 Å². The van der Waals surface area contributed by atoms with Crippen molar-refractivity contribution in [3.05, 3.63) is 39.9 Å². The fourth-order valence-corrected chi connectivity index (χ4v) is 2.35. The Morgan fingerprint density at radius 3 is 2.80 bits per heavy atom. The Kier molecular flexibility index (Phi) is 4.08. The summed E-state index contributed by atoms with van der Waals surface area (Å²) in [6.07, 6.45) is 0.646. The van der Waals surface area contributed by atoms with Gasteiger partial charge in [-0.1, -0.05) is 6.92 Å². The summed E-state index contributed by atoms with van der Waals surface area (Å²) >= 11 is 3.20. The maximum Gasteiger partial charge on any atom is 0.276 e. The third kappa shape index (κ3) is 2.67. The molecule has 0 fully saturated rings. The highest BCUT2D eigenvalue weighted by Crippen LogP contribution is 2.25. The molecule has 20 heavy (non-hydrogen) atoms. The molecule has 3 N–H and O–H groups in total. The number of aryl methyl sites for hydroxylation is 2. The summed E-state index contributed by atoms with van der Waals surface area (Å²) in [5.74, 6) is -0.771. The van der Waals surface area contributed by atoms with Crippen LogP contribution in [0.1, 0.15) is 23.1 Å². The number of nitrogens with zero attached hydrogens (tertiary/aromatic N) is 2. The summed E-state index contributed by atoms with van der Waals surface area (Å²) in [6, 6.07) is 4.02. The van der Waals surface area contributed by atoms with Gasteiger partial charge in [-0.05, 0) is 40.5 Å². The molecule has 5 nitrogen and oxygen atoms in total. The zero-order chi connectivity index (χ0) is 14.9. The van der Waals surface area contributed by atoms with E-state index in [9.17, 15) is 9.18 Å². The van der Waals surface area contributed by atoms with Crippen LogP contribution in [-0.4, -0.2) is 15.7 Å². The Balaban J connectivity index is 2.31. The molecule has 2 rings (SSSR count). The van der Waals surface area contributed by atoms with Gasteiger partial charge in [0.25, 0.3) is 5.91 Å². The van der Waals surface area contributed by atoms with Crippen LogP contribution in [0, 0.1) is 5.82 Å². The second-order valence-electron chi connectivity index (χ2n) is 4.26. The predicted octanol–water partition coefficient (Wildman–Crippen LogP) is 2.72. The number of nitrogen functional groups attached to an aromatic ring is 1. The second-order valence-corrected chi connectivity index (χ2v) is 5.12. The van der Waals surface area contributed by atoms with E-state index in [0.29, 0.717) is 28.0 Å². The van der Waals surface area contributed by atoms with E-state index in [1.165, 1.54) is 22.9 Å². The summed E-state index contributed by atoms with van der Waals surface area (Å²) in [6.45, 7) is 1.91. The maximum atomic E-state index is 13.0. The van der Waals surface area contributed by atoms with Crippen molar-refractivity contribution in [1.29, 1.82) is 0 Å². The van der Waals surface area contributed by atoms with E-state index < -0.39 is 0 Å². The number of hydrogen-bond acceptors (Lipinski definition) is 3. The average molecular weight is 341 g/mol. The van der Waals surface area contributed by atoms with Gasteiger partial charge in [-0.2, -0.15) is 5.10 Å². The van der Waals surface area contributed by atoms with Crippen molar-refractivity contribution in [2.24, 2.45) is 7.05 Å². The number of anilines is 2. The quantitative estimate of drug-likeness (QED) is 0.902. The lowest BCUT2D eigenvalue weighted by molar-refractivity contribution is 0.101. The lowest BCUT2D eigenvalue weighted by Crippen LogP contribution is -2.18. The third-order valence-corrected chi connectivity index (χ3v) is 3.55. The lowest BCUT2D eigenvalue weighted by Gasteiger charge is -2.08. The first-order chi connectivity index (χ1) is 9.43. The predicted molar refractivity (Wildman–Crippen MR) is 79.1 cm³/mol. The van der Waals surface area contributed by atoms with Crippen molar-refractivity contribution in [3.63, 3.8) is 0 Å². The van der Waals surface area contributed by atoms with Crippen molar-refractivity contribution in [2.75, 3.05) is 11.1 Å². The molecule has 0 unspecified atom stereocenters. The zero-order valence-corrected chi connectivity index (χ0v) is 12.7. The Morgan fingerprint density at radius 2 is 2.25 bits per heavy atom. The van der Waals surface area contributed by atoms with E-state index in [2.05, 4.69) is 26.3 Å². The van der Waals surface area contributed by atoms with Gasteiger partial charge in [-0.15, -0.1) is 0 Å². The van der Waals surface area contributed by atoms with Crippen molar-refractivity contribution < 1.29 is 9.18 Å². The molecule has 0 saturated heterocycles. The number of benzene rings is 1. The summed E-state index contributed by atoms with van der Waals surface area (Å²) in [5.41, 5.74) is 7.72. The van der Waals surface area contributed by atoms with Crippen molar-refractivity contribution >= 4 is 33.2 Å². The van der Waals surface area contributed by atoms with Gasteiger partial charge in [0.05, 0.1) is 17.1 Å². The molecule has 2 aromatic rings. The van der Waals surface area contributed by atoms with E-state index >= 15 is 0 Å². The van der Waals surface area contributed by atoms with Gasteiger partial charge in [0.1, 0.15) is 11.5 Å². The van der Waals surface area contributed by atoms with Crippen molar-refractivity contribution in [1.82, 2.24) is 9.78 Å². The highest BCUT2D eigenvalue weighted by Gasteiger charge is 2.19. The number of aromatic nitrogens is 2. The van der Waals surface area contributed by atoms with E-state index in [1.807, 2.05) is 6.92 Å². The largest absolute Gasteiger partial charge is 0.395 e. The molecule has 0 radical (unpaired) electrons. The molecule has 0 spiro atoms. The second kappa shape index (κ2) is 5.62. The summed E-state index contributed by atoms with van der Waals surface area (Å²) < 4.78 is 14.9. The minimum absolute atomic E-state index is 0.290. The minimum atomic E-state index is -0.386. The molecular weight excluding hydrogens is 327 g/mol. The highest BCUT2D eigenvalue weighted by atomic mass is 79.9.